The van der Waals surface area contributed by atoms with Crippen molar-refractivity contribution in [2.75, 3.05) is 19.7 Å². The van der Waals surface area contributed by atoms with Gasteiger partial charge in [-0.3, -0.25) is 4.79 Å². The fraction of sp³-hybridized carbons (Fsp3) is 0.364. The number of nitrogens with zero attached hydrogens (tertiary/aromatic N) is 1. The number of halogens is 1. The number of esters is 1. The van der Waals surface area contributed by atoms with Crippen molar-refractivity contribution in [3.8, 4) is 0 Å². The molecular formula is C22H24ClNO3S. The summed E-state index contributed by atoms with van der Waals surface area (Å²) in [6.45, 7) is 3.44. The summed E-state index contributed by atoms with van der Waals surface area (Å²) < 4.78 is 5.21. The van der Waals surface area contributed by atoms with E-state index >= 15 is 0 Å². The van der Waals surface area contributed by atoms with Crippen molar-refractivity contribution >= 4 is 35.2 Å². The van der Waals surface area contributed by atoms with E-state index in [9.17, 15) is 9.59 Å². The molecule has 0 spiro atoms. The van der Waals surface area contributed by atoms with E-state index in [0.29, 0.717) is 11.5 Å². The first-order chi connectivity index (χ1) is 13.5. The van der Waals surface area contributed by atoms with Gasteiger partial charge in [-0.25, -0.2) is 4.79 Å². The molecule has 1 atom stereocenters. The lowest BCUT2D eigenvalue weighted by atomic mass is 10.0. The third kappa shape index (κ3) is 6.01. The summed E-state index contributed by atoms with van der Waals surface area (Å²) in [7, 11) is 0. The van der Waals surface area contributed by atoms with Gasteiger partial charge in [-0.15, -0.1) is 11.8 Å². The quantitative estimate of drug-likeness (QED) is 0.487. The van der Waals surface area contributed by atoms with Crippen molar-refractivity contribution in [1.29, 1.82) is 0 Å². The smallest absolute Gasteiger partial charge is 0.338 e. The van der Waals surface area contributed by atoms with Crippen LogP contribution in [0.5, 0.6) is 0 Å². The van der Waals surface area contributed by atoms with Gasteiger partial charge in [-0.05, 0) is 60.7 Å². The van der Waals surface area contributed by atoms with Gasteiger partial charge in [0.1, 0.15) is 0 Å². The van der Waals surface area contributed by atoms with Gasteiger partial charge in [0, 0.05) is 28.8 Å². The largest absolute Gasteiger partial charge is 0.452 e. The maximum absolute atomic E-state index is 12.2. The Balaban J connectivity index is 1.46. The molecule has 2 aromatic carbocycles. The highest BCUT2D eigenvalue weighted by molar-refractivity contribution is 7.98. The number of hydrogen-bond donors (Lipinski definition) is 0. The summed E-state index contributed by atoms with van der Waals surface area (Å²) >= 11 is 7.60. The molecule has 3 rings (SSSR count). The molecule has 0 aromatic heterocycles. The van der Waals surface area contributed by atoms with Crippen LogP contribution in [0.1, 0.15) is 35.7 Å². The molecule has 0 saturated carbocycles. The zero-order valence-electron chi connectivity index (χ0n) is 15.9. The van der Waals surface area contributed by atoms with E-state index in [4.69, 9.17) is 16.3 Å². The number of carbonyl (C=O) groups excluding carboxylic acids is 2. The molecule has 6 heteroatoms. The number of piperidine rings is 1. The predicted molar refractivity (Wildman–Crippen MR) is 113 cm³/mol. The van der Waals surface area contributed by atoms with Gasteiger partial charge in [-0.2, -0.15) is 0 Å². The highest BCUT2D eigenvalue weighted by Gasteiger charge is 2.22. The van der Waals surface area contributed by atoms with Crippen LogP contribution < -0.4 is 0 Å². The maximum Gasteiger partial charge on any atom is 0.338 e. The molecule has 1 saturated heterocycles. The highest BCUT2D eigenvalue weighted by Crippen LogP contribution is 2.24. The normalized spacial score (nSPS) is 16.6. The molecule has 0 radical (unpaired) electrons. The Morgan fingerprint density at radius 1 is 1.14 bits per heavy atom. The van der Waals surface area contributed by atoms with Gasteiger partial charge in [-0.1, -0.05) is 30.7 Å². The SMILES string of the molecule is C[C@@H]1CCCN(C(=O)COC(=O)c2ccc(CSc3ccc(Cl)cc3)cc2)C1. The molecule has 1 fully saturated rings. The van der Waals surface area contributed by atoms with Crippen LogP contribution in [0.15, 0.2) is 53.4 Å². The molecule has 148 valence electrons. The standard InChI is InChI=1S/C22H24ClNO3S/c1-16-3-2-12-24(13-16)21(25)14-27-22(26)18-6-4-17(5-7-18)15-28-20-10-8-19(23)9-11-20/h4-11,16H,2-3,12-15H2,1H3/t16-/m1/s1. The summed E-state index contributed by atoms with van der Waals surface area (Å²) in [6.07, 6.45) is 2.16. The number of ether oxygens (including phenoxy) is 1. The number of amides is 1. The van der Waals surface area contributed by atoms with Gasteiger partial charge in [0.05, 0.1) is 5.56 Å². The maximum atomic E-state index is 12.2. The van der Waals surface area contributed by atoms with E-state index in [0.717, 1.165) is 47.2 Å². The third-order valence-electron chi connectivity index (χ3n) is 4.75. The molecule has 28 heavy (non-hydrogen) atoms. The molecule has 1 aliphatic heterocycles. The second kappa shape index (κ2) is 9.99. The van der Waals surface area contributed by atoms with Crippen LogP contribution in [-0.4, -0.2) is 36.5 Å². The number of thioether (sulfide) groups is 1. The molecular weight excluding hydrogens is 394 g/mol. The number of hydrogen-bond acceptors (Lipinski definition) is 4. The molecule has 2 aromatic rings. The monoisotopic (exact) mass is 417 g/mol. The van der Waals surface area contributed by atoms with Gasteiger partial charge < -0.3 is 9.64 Å². The van der Waals surface area contributed by atoms with Crippen molar-refractivity contribution in [3.63, 3.8) is 0 Å². The zero-order valence-corrected chi connectivity index (χ0v) is 17.5. The molecule has 0 bridgehead atoms. The van der Waals surface area contributed by atoms with E-state index in [1.54, 1.807) is 28.8 Å². The lowest BCUT2D eigenvalue weighted by molar-refractivity contribution is -0.136. The summed E-state index contributed by atoms with van der Waals surface area (Å²) in [5, 5.41) is 0.723. The lowest BCUT2D eigenvalue weighted by Crippen LogP contribution is -2.41. The fourth-order valence-corrected chi connectivity index (χ4v) is 4.13. The first-order valence-corrected chi connectivity index (χ1v) is 10.8. The number of benzene rings is 2. The van der Waals surface area contributed by atoms with Crippen molar-refractivity contribution in [2.24, 2.45) is 5.92 Å². The Bertz CT molecular complexity index is 808. The van der Waals surface area contributed by atoms with E-state index < -0.39 is 5.97 Å². The van der Waals surface area contributed by atoms with Crippen LogP contribution in [0.3, 0.4) is 0 Å². The summed E-state index contributed by atoms with van der Waals surface area (Å²) in [4.78, 5) is 27.3. The van der Waals surface area contributed by atoms with Gasteiger partial charge in [0.2, 0.25) is 0 Å². The highest BCUT2D eigenvalue weighted by atomic mass is 35.5. The molecule has 0 unspecified atom stereocenters. The van der Waals surface area contributed by atoms with Crippen molar-refractivity contribution in [1.82, 2.24) is 4.90 Å². The van der Waals surface area contributed by atoms with Crippen LogP contribution in [0.2, 0.25) is 5.02 Å². The van der Waals surface area contributed by atoms with Crippen molar-refractivity contribution < 1.29 is 14.3 Å². The van der Waals surface area contributed by atoms with Crippen LogP contribution in [0.4, 0.5) is 0 Å². The molecule has 4 nitrogen and oxygen atoms in total. The first kappa shape index (κ1) is 20.7. The zero-order chi connectivity index (χ0) is 19.9. The molecule has 1 aliphatic rings. The Kier molecular flexibility index (Phi) is 7.40. The third-order valence-corrected chi connectivity index (χ3v) is 6.08. The number of rotatable bonds is 6. The van der Waals surface area contributed by atoms with E-state index in [2.05, 4.69) is 6.92 Å². The fourth-order valence-electron chi connectivity index (χ4n) is 3.15. The second-order valence-electron chi connectivity index (χ2n) is 7.10. The average molecular weight is 418 g/mol. The predicted octanol–water partition coefficient (Wildman–Crippen LogP) is 5.05. The second-order valence-corrected chi connectivity index (χ2v) is 8.59. The number of carbonyl (C=O) groups is 2. The first-order valence-electron chi connectivity index (χ1n) is 9.43. The molecule has 0 aliphatic carbocycles. The lowest BCUT2D eigenvalue weighted by Gasteiger charge is -2.30. The number of likely N-dealkylation sites (tertiary alicyclic amines) is 1. The Hall–Kier alpha value is -1.98. The topological polar surface area (TPSA) is 46.6 Å². The average Bonchev–Trinajstić information content (AvgIpc) is 2.71. The van der Waals surface area contributed by atoms with Gasteiger partial charge in [0.25, 0.3) is 5.91 Å². The van der Waals surface area contributed by atoms with E-state index in [1.165, 1.54) is 0 Å². The van der Waals surface area contributed by atoms with Crippen molar-refractivity contribution in [2.45, 2.75) is 30.4 Å². The molecule has 0 N–H and O–H groups in total. The Morgan fingerprint density at radius 3 is 2.54 bits per heavy atom. The summed E-state index contributed by atoms with van der Waals surface area (Å²) in [5.74, 6) is 0.723. The Morgan fingerprint density at radius 2 is 1.86 bits per heavy atom. The molecule has 1 heterocycles. The van der Waals surface area contributed by atoms with Crippen LogP contribution in [0, 0.1) is 5.92 Å². The minimum absolute atomic E-state index is 0.115. The van der Waals surface area contributed by atoms with Gasteiger partial charge >= 0.3 is 5.97 Å². The minimum Gasteiger partial charge on any atom is -0.452 e. The molecule has 1 amide bonds. The van der Waals surface area contributed by atoms with Gasteiger partial charge in [0.15, 0.2) is 6.61 Å². The Labute approximate surface area is 175 Å². The van der Waals surface area contributed by atoms with Crippen LogP contribution >= 0.6 is 23.4 Å². The minimum atomic E-state index is -0.463. The van der Waals surface area contributed by atoms with E-state index in [-0.39, 0.29) is 12.5 Å². The van der Waals surface area contributed by atoms with Crippen LogP contribution in [0.25, 0.3) is 0 Å². The summed E-state index contributed by atoms with van der Waals surface area (Å²) in [5.41, 5.74) is 1.56. The summed E-state index contributed by atoms with van der Waals surface area (Å²) in [6, 6.07) is 15.0. The van der Waals surface area contributed by atoms with E-state index in [1.807, 2.05) is 36.4 Å². The van der Waals surface area contributed by atoms with Crippen LogP contribution in [-0.2, 0) is 15.3 Å². The van der Waals surface area contributed by atoms with Crippen molar-refractivity contribution in [3.05, 3.63) is 64.7 Å².